The number of hydrogen-bond donors (Lipinski definition) is 1. The van der Waals surface area contributed by atoms with Crippen LogP contribution in [0.2, 0.25) is 0 Å². The molecule has 0 aliphatic heterocycles. The Labute approximate surface area is 115 Å². The topological polar surface area (TPSA) is 20.2 Å². The molecule has 2 unspecified atom stereocenters. The number of hydrogen-bond acceptors (Lipinski definition) is 1. The lowest BCUT2D eigenvalue weighted by Gasteiger charge is -2.38. The highest BCUT2D eigenvalue weighted by atomic mass is 19.1. The fourth-order valence-electron chi connectivity index (χ4n) is 3.47. The van der Waals surface area contributed by atoms with E-state index in [0.29, 0.717) is 30.2 Å². The highest BCUT2D eigenvalue weighted by Crippen LogP contribution is 2.43. The van der Waals surface area contributed by atoms with Gasteiger partial charge in [-0.3, -0.25) is 0 Å². The van der Waals surface area contributed by atoms with Gasteiger partial charge in [-0.1, -0.05) is 38.0 Å². The first-order chi connectivity index (χ1) is 8.90. The van der Waals surface area contributed by atoms with E-state index in [1.807, 2.05) is 13.0 Å². The summed E-state index contributed by atoms with van der Waals surface area (Å²) in [4.78, 5) is 0. The van der Waals surface area contributed by atoms with E-state index in [9.17, 15) is 9.50 Å². The number of aryl methyl sites for hydroxylation is 1. The Balaban J connectivity index is 2.23. The van der Waals surface area contributed by atoms with Gasteiger partial charge in [-0.2, -0.15) is 0 Å². The van der Waals surface area contributed by atoms with Crippen LogP contribution in [0.15, 0.2) is 18.2 Å². The first kappa shape index (κ1) is 14.5. The second-order valence-electron chi connectivity index (χ2n) is 6.61. The molecule has 1 aromatic rings. The van der Waals surface area contributed by atoms with Crippen molar-refractivity contribution >= 4 is 0 Å². The van der Waals surface area contributed by atoms with Crippen LogP contribution in [-0.4, -0.2) is 5.11 Å². The minimum atomic E-state index is -0.964. The molecule has 106 valence electrons. The highest BCUT2D eigenvalue weighted by molar-refractivity contribution is 5.29. The maximum Gasteiger partial charge on any atom is 0.129 e. The fourth-order valence-corrected chi connectivity index (χ4v) is 3.47. The van der Waals surface area contributed by atoms with Crippen molar-refractivity contribution in [3.63, 3.8) is 0 Å². The van der Waals surface area contributed by atoms with Gasteiger partial charge >= 0.3 is 0 Å². The maximum atomic E-state index is 14.0. The van der Waals surface area contributed by atoms with Crippen LogP contribution in [0.25, 0.3) is 0 Å². The molecule has 1 nitrogen and oxygen atoms in total. The van der Waals surface area contributed by atoms with Crippen LogP contribution >= 0.6 is 0 Å². The molecule has 0 spiro atoms. The Morgan fingerprint density at radius 1 is 1.42 bits per heavy atom. The fraction of sp³-hybridized carbons (Fsp3) is 0.647. The van der Waals surface area contributed by atoms with Gasteiger partial charge in [0.2, 0.25) is 0 Å². The summed E-state index contributed by atoms with van der Waals surface area (Å²) in [5, 5.41) is 10.9. The van der Waals surface area contributed by atoms with Gasteiger partial charge in [0.25, 0.3) is 0 Å². The van der Waals surface area contributed by atoms with E-state index in [1.165, 1.54) is 6.07 Å². The summed E-state index contributed by atoms with van der Waals surface area (Å²) in [5.41, 5.74) is 0.547. The van der Waals surface area contributed by atoms with Crippen molar-refractivity contribution in [1.29, 1.82) is 0 Å². The van der Waals surface area contributed by atoms with E-state index in [-0.39, 0.29) is 5.82 Å². The standard InChI is InChI=1S/C17H25FO/c1-12(2)9-14-5-4-8-17(19,11-14)15-10-13(3)6-7-16(15)18/h6-7,10,12,14,19H,4-5,8-9,11H2,1-3H3. The molecule has 1 fully saturated rings. The third-order valence-electron chi connectivity index (χ3n) is 4.26. The van der Waals surface area contributed by atoms with Crippen molar-refractivity contribution in [2.75, 3.05) is 0 Å². The van der Waals surface area contributed by atoms with Crippen LogP contribution in [-0.2, 0) is 5.60 Å². The predicted octanol–water partition coefficient (Wildman–Crippen LogP) is 4.56. The number of aliphatic hydroxyl groups is 1. The van der Waals surface area contributed by atoms with Crippen LogP contribution in [0.4, 0.5) is 4.39 Å². The molecule has 1 N–H and O–H groups in total. The molecule has 0 radical (unpaired) electrons. The molecular formula is C17H25FO. The lowest BCUT2D eigenvalue weighted by molar-refractivity contribution is -0.0272. The Kier molecular flexibility index (Phi) is 4.29. The average Bonchev–Trinajstić information content (AvgIpc) is 2.31. The van der Waals surface area contributed by atoms with Crippen LogP contribution < -0.4 is 0 Å². The van der Waals surface area contributed by atoms with E-state index in [2.05, 4.69) is 13.8 Å². The van der Waals surface area contributed by atoms with Gasteiger partial charge < -0.3 is 5.11 Å². The molecular weight excluding hydrogens is 239 g/mol. The monoisotopic (exact) mass is 264 g/mol. The van der Waals surface area contributed by atoms with Gasteiger partial charge in [0.05, 0.1) is 5.60 Å². The first-order valence-corrected chi connectivity index (χ1v) is 7.40. The largest absolute Gasteiger partial charge is 0.385 e. The minimum absolute atomic E-state index is 0.265. The molecule has 2 atom stereocenters. The van der Waals surface area contributed by atoms with Crippen molar-refractivity contribution in [3.8, 4) is 0 Å². The molecule has 0 amide bonds. The summed E-state index contributed by atoms with van der Waals surface area (Å²) < 4.78 is 14.0. The zero-order chi connectivity index (χ0) is 14.0. The molecule has 0 bridgehead atoms. The molecule has 0 aromatic heterocycles. The normalized spacial score (nSPS) is 27.8. The van der Waals surface area contributed by atoms with Crippen molar-refractivity contribution in [2.24, 2.45) is 11.8 Å². The molecule has 1 aromatic carbocycles. The number of halogens is 1. The quantitative estimate of drug-likeness (QED) is 0.848. The molecule has 0 heterocycles. The van der Waals surface area contributed by atoms with Gasteiger partial charge in [-0.05, 0) is 50.5 Å². The maximum absolute atomic E-state index is 14.0. The lowest BCUT2D eigenvalue weighted by atomic mass is 9.72. The van der Waals surface area contributed by atoms with Crippen molar-refractivity contribution in [2.45, 2.75) is 58.5 Å². The van der Waals surface area contributed by atoms with Gasteiger partial charge in [0, 0.05) is 5.56 Å². The summed E-state index contributed by atoms with van der Waals surface area (Å²) >= 11 is 0. The molecule has 19 heavy (non-hydrogen) atoms. The Hall–Kier alpha value is -0.890. The molecule has 2 rings (SSSR count). The Morgan fingerprint density at radius 2 is 2.16 bits per heavy atom. The lowest BCUT2D eigenvalue weighted by Crippen LogP contribution is -2.34. The summed E-state index contributed by atoms with van der Waals surface area (Å²) in [5.74, 6) is 0.881. The van der Waals surface area contributed by atoms with Gasteiger partial charge in [0.15, 0.2) is 0 Å². The van der Waals surface area contributed by atoms with Gasteiger partial charge in [-0.25, -0.2) is 4.39 Å². The summed E-state index contributed by atoms with van der Waals surface area (Å²) in [7, 11) is 0. The SMILES string of the molecule is Cc1ccc(F)c(C2(O)CCCC(CC(C)C)C2)c1. The smallest absolute Gasteiger partial charge is 0.129 e. The summed E-state index contributed by atoms with van der Waals surface area (Å²) in [6.07, 6.45) is 4.65. The third kappa shape index (κ3) is 3.36. The van der Waals surface area contributed by atoms with Crippen LogP contribution in [0.5, 0.6) is 0 Å². The minimum Gasteiger partial charge on any atom is -0.385 e. The number of rotatable bonds is 3. The first-order valence-electron chi connectivity index (χ1n) is 7.40. The Morgan fingerprint density at radius 3 is 2.84 bits per heavy atom. The van der Waals surface area contributed by atoms with Crippen molar-refractivity contribution < 1.29 is 9.50 Å². The van der Waals surface area contributed by atoms with E-state index in [1.54, 1.807) is 6.07 Å². The zero-order valence-corrected chi connectivity index (χ0v) is 12.2. The molecule has 1 aliphatic rings. The van der Waals surface area contributed by atoms with Crippen LogP contribution in [0.1, 0.15) is 57.1 Å². The summed E-state index contributed by atoms with van der Waals surface area (Å²) in [6.45, 7) is 6.36. The molecule has 1 saturated carbocycles. The van der Waals surface area contributed by atoms with Crippen molar-refractivity contribution in [1.82, 2.24) is 0 Å². The molecule has 1 aliphatic carbocycles. The second-order valence-corrected chi connectivity index (χ2v) is 6.61. The number of benzene rings is 1. The van der Waals surface area contributed by atoms with E-state index >= 15 is 0 Å². The zero-order valence-electron chi connectivity index (χ0n) is 12.2. The predicted molar refractivity (Wildman–Crippen MR) is 76.4 cm³/mol. The average molecular weight is 264 g/mol. The summed E-state index contributed by atoms with van der Waals surface area (Å²) in [6, 6.07) is 5.05. The van der Waals surface area contributed by atoms with Gasteiger partial charge in [0.1, 0.15) is 5.82 Å². The third-order valence-corrected chi connectivity index (χ3v) is 4.26. The van der Waals surface area contributed by atoms with E-state index in [0.717, 1.165) is 24.8 Å². The Bertz CT molecular complexity index is 441. The van der Waals surface area contributed by atoms with Gasteiger partial charge in [-0.15, -0.1) is 0 Å². The van der Waals surface area contributed by atoms with E-state index in [4.69, 9.17) is 0 Å². The van der Waals surface area contributed by atoms with Crippen LogP contribution in [0, 0.1) is 24.6 Å². The molecule has 2 heteroatoms. The van der Waals surface area contributed by atoms with Crippen molar-refractivity contribution in [3.05, 3.63) is 35.1 Å². The van der Waals surface area contributed by atoms with E-state index < -0.39 is 5.60 Å². The van der Waals surface area contributed by atoms with Crippen LogP contribution in [0.3, 0.4) is 0 Å². The highest BCUT2D eigenvalue weighted by Gasteiger charge is 2.37. The molecule has 0 saturated heterocycles. The second kappa shape index (κ2) is 5.62.